The second-order valence-corrected chi connectivity index (χ2v) is 4.11. The molecule has 0 aliphatic carbocycles. The lowest BCUT2D eigenvalue weighted by molar-refractivity contribution is 0.150. The number of nitrogen functional groups attached to an aromatic ring is 1. The van der Waals surface area contributed by atoms with Gasteiger partial charge in [-0.25, -0.2) is 13.2 Å². The van der Waals surface area contributed by atoms with E-state index in [0.717, 1.165) is 6.07 Å². The highest BCUT2D eigenvalue weighted by atomic mass is 32.1. The van der Waals surface area contributed by atoms with E-state index in [1.165, 1.54) is 12.1 Å². The number of hydrogen-bond donors (Lipinski definition) is 2. The predicted molar refractivity (Wildman–Crippen MR) is 59.0 cm³/mol. The minimum Gasteiger partial charge on any atom is -0.397 e. The summed E-state index contributed by atoms with van der Waals surface area (Å²) in [6.07, 6.45) is -2.66. The van der Waals surface area contributed by atoms with E-state index in [0.29, 0.717) is 17.0 Å². The van der Waals surface area contributed by atoms with Crippen LogP contribution in [0.25, 0.3) is 0 Å². The molecule has 8 heteroatoms. The number of alkyl halides is 2. The van der Waals surface area contributed by atoms with Crippen LogP contribution in [0.1, 0.15) is 11.4 Å². The molecule has 0 saturated carbocycles. The number of nitrogens with two attached hydrogens (primary N) is 1. The van der Waals surface area contributed by atoms with Crippen LogP contribution in [-0.4, -0.2) is 10.2 Å². The summed E-state index contributed by atoms with van der Waals surface area (Å²) in [5, 5.41) is 9.32. The first kappa shape index (κ1) is 11.6. The van der Waals surface area contributed by atoms with E-state index in [4.69, 9.17) is 5.73 Å². The molecular formula is C9H7F3N4S. The maximum absolute atomic E-state index is 12.8. The van der Waals surface area contributed by atoms with Crippen LogP contribution in [0.4, 0.5) is 29.7 Å². The second-order valence-electron chi connectivity index (χ2n) is 3.10. The van der Waals surface area contributed by atoms with Gasteiger partial charge in [-0.1, -0.05) is 11.3 Å². The number of hydrogen-bond acceptors (Lipinski definition) is 5. The number of anilines is 3. The molecule has 0 bridgehead atoms. The van der Waals surface area contributed by atoms with Gasteiger partial charge in [0.15, 0.2) is 5.01 Å². The fourth-order valence-electron chi connectivity index (χ4n) is 1.14. The summed E-state index contributed by atoms with van der Waals surface area (Å²) < 4.78 is 37.3. The molecule has 1 heterocycles. The molecule has 1 aromatic heterocycles. The van der Waals surface area contributed by atoms with Crippen molar-refractivity contribution >= 4 is 27.8 Å². The van der Waals surface area contributed by atoms with Crippen molar-refractivity contribution in [2.75, 3.05) is 11.1 Å². The van der Waals surface area contributed by atoms with Crippen molar-refractivity contribution < 1.29 is 13.2 Å². The summed E-state index contributed by atoms with van der Waals surface area (Å²) in [7, 11) is 0. The third-order valence-corrected chi connectivity index (χ3v) is 2.73. The monoisotopic (exact) mass is 260 g/mol. The number of rotatable bonds is 3. The molecule has 3 N–H and O–H groups in total. The molecule has 2 rings (SSSR count). The van der Waals surface area contributed by atoms with Crippen LogP contribution in [-0.2, 0) is 0 Å². The Balaban J connectivity index is 2.19. The number of halogens is 3. The average Bonchev–Trinajstić information content (AvgIpc) is 2.71. The number of nitrogens with one attached hydrogen (secondary N) is 1. The largest absolute Gasteiger partial charge is 0.397 e. The Hall–Kier alpha value is -1.83. The normalized spacial score (nSPS) is 10.8. The van der Waals surface area contributed by atoms with Gasteiger partial charge in [0.25, 0.3) is 6.43 Å². The third kappa shape index (κ3) is 2.64. The minimum atomic E-state index is -2.66. The van der Waals surface area contributed by atoms with E-state index in [1.54, 1.807) is 0 Å². The van der Waals surface area contributed by atoms with E-state index >= 15 is 0 Å². The van der Waals surface area contributed by atoms with Crippen LogP contribution < -0.4 is 11.1 Å². The lowest BCUT2D eigenvalue weighted by atomic mass is 10.2. The molecular weight excluding hydrogens is 253 g/mol. The summed E-state index contributed by atoms with van der Waals surface area (Å²) in [6, 6.07) is 3.72. The summed E-state index contributed by atoms with van der Waals surface area (Å²) in [5.74, 6) is -0.474. The first-order valence-corrected chi connectivity index (χ1v) is 5.31. The van der Waals surface area contributed by atoms with Gasteiger partial charge in [0.1, 0.15) is 5.82 Å². The first-order valence-electron chi connectivity index (χ1n) is 4.50. The number of benzene rings is 1. The number of aromatic nitrogens is 2. The first-order chi connectivity index (χ1) is 8.06. The molecule has 0 saturated heterocycles. The summed E-state index contributed by atoms with van der Waals surface area (Å²) in [6.45, 7) is 0. The molecule has 0 spiro atoms. The molecule has 0 fully saturated rings. The van der Waals surface area contributed by atoms with Gasteiger partial charge in [-0.05, 0) is 18.2 Å². The van der Waals surface area contributed by atoms with Gasteiger partial charge in [0.2, 0.25) is 5.13 Å². The Morgan fingerprint density at radius 1 is 1.29 bits per heavy atom. The maximum Gasteiger partial charge on any atom is 0.291 e. The van der Waals surface area contributed by atoms with Gasteiger partial charge in [-0.2, -0.15) is 0 Å². The number of nitrogens with zero attached hydrogens (tertiary/aromatic N) is 2. The van der Waals surface area contributed by atoms with Crippen molar-refractivity contribution in [1.82, 2.24) is 10.2 Å². The fraction of sp³-hybridized carbons (Fsp3) is 0.111. The van der Waals surface area contributed by atoms with E-state index in [1.807, 2.05) is 0 Å². The molecule has 4 nitrogen and oxygen atoms in total. The molecule has 0 aliphatic rings. The molecule has 90 valence electrons. The van der Waals surface area contributed by atoms with E-state index in [-0.39, 0.29) is 15.8 Å². The van der Waals surface area contributed by atoms with E-state index < -0.39 is 12.2 Å². The Morgan fingerprint density at radius 3 is 2.65 bits per heavy atom. The van der Waals surface area contributed by atoms with Gasteiger partial charge in [0.05, 0.1) is 11.4 Å². The topological polar surface area (TPSA) is 63.8 Å². The summed E-state index contributed by atoms with van der Waals surface area (Å²) >= 11 is 0.716. The van der Waals surface area contributed by atoms with Crippen LogP contribution in [0.2, 0.25) is 0 Å². The highest BCUT2D eigenvalue weighted by Crippen LogP contribution is 2.29. The van der Waals surface area contributed by atoms with Gasteiger partial charge in [0, 0.05) is 0 Å². The Labute approximate surface area is 98.3 Å². The van der Waals surface area contributed by atoms with Gasteiger partial charge in [-0.3, -0.25) is 0 Å². The zero-order valence-corrected chi connectivity index (χ0v) is 9.14. The van der Waals surface area contributed by atoms with Crippen molar-refractivity contribution in [2.24, 2.45) is 0 Å². The zero-order valence-electron chi connectivity index (χ0n) is 8.32. The standard InChI is InChI=1S/C9H7F3N4S/c10-4-1-2-6(5(13)3-4)14-9-16-15-8(17-9)7(11)12/h1-3,7H,13H2,(H,14,16). The molecule has 0 unspecified atom stereocenters. The van der Waals surface area contributed by atoms with Gasteiger partial charge in [-0.15, -0.1) is 10.2 Å². The lowest BCUT2D eigenvalue weighted by Gasteiger charge is -2.05. The van der Waals surface area contributed by atoms with Crippen LogP contribution in [0, 0.1) is 5.82 Å². The van der Waals surface area contributed by atoms with Crippen LogP contribution in [0.3, 0.4) is 0 Å². The zero-order chi connectivity index (χ0) is 12.4. The molecule has 0 radical (unpaired) electrons. The second kappa shape index (κ2) is 4.58. The lowest BCUT2D eigenvalue weighted by Crippen LogP contribution is -1.96. The summed E-state index contributed by atoms with van der Waals surface area (Å²) in [5.41, 5.74) is 6.10. The fourth-order valence-corrected chi connectivity index (χ4v) is 1.75. The Bertz CT molecular complexity index is 529. The van der Waals surface area contributed by atoms with Crippen LogP contribution in [0.5, 0.6) is 0 Å². The molecule has 2 aromatic rings. The maximum atomic E-state index is 12.8. The van der Waals surface area contributed by atoms with Gasteiger partial charge >= 0.3 is 0 Å². The van der Waals surface area contributed by atoms with Crippen LogP contribution in [0.15, 0.2) is 18.2 Å². The summed E-state index contributed by atoms with van der Waals surface area (Å²) in [4.78, 5) is 0. The molecule has 0 atom stereocenters. The van der Waals surface area contributed by atoms with Crippen molar-refractivity contribution in [2.45, 2.75) is 6.43 Å². The van der Waals surface area contributed by atoms with E-state index in [9.17, 15) is 13.2 Å². The quantitative estimate of drug-likeness (QED) is 0.833. The van der Waals surface area contributed by atoms with Crippen LogP contribution >= 0.6 is 11.3 Å². The SMILES string of the molecule is Nc1cc(F)ccc1Nc1nnc(C(F)F)s1. The van der Waals surface area contributed by atoms with Crippen molar-refractivity contribution in [3.8, 4) is 0 Å². The van der Waals surface area contributed by atoms with Crippen molar-refractivity contribution in [3.05, 3.63) is 29.0 Å². The molecule has 0 amide bonds. The Morgan fingerprint density at radius 2 is 2.06 bits per heavy atom. The van der Waals surface area contributed by atoms with Gasteiger partial charge < -0.3 is 11.1 Å². The van der Waals surface area contributed by atoms with Crippen molar-refractivity contribution in [1.29, 1.82) is 0 Å². The molecule has 17 heavy (non-hydrogen) atoms. The van der Waals surface area contributed by atoms with E-state index in [2.05, 4.69) is 15.5 Å². The minimum absolute atomic E-state index is 0.166. The molecule has 1 aromatic carbocycles. The smallest absolute Gasteiger partial charge is 0.291 e. The average molecular weight is 260 g/mol. The Kier molecular flexibility index (Phi) is 3.14. The molecule has 0 aliphatic heterocycles. The highest BCUT2D eigenvalue weighted by molar-refractivity contribution is 7.15. The third-order valence-electron chi connectivity index (χ3n) is 1.88. The highest BCUT2D eigenvalue weighted by Gasteiger charge is 2.14. The predicted octanol–water partition coefficient (Wildman–Crippen LogP) is 2.94. The van der Waals surface area contributed by atoms with Crippen molar-refractivity contribution in [3.63, 3.8) is 0 Å².